The molecule has 1 fully saturated rings. The molecule has 0 spiro atoms. The van der Waals surface area contributed by atoms with E-state index >= 15 is 0 Å². The molecule has 0 bridgehead atoms. The van der Waals surface area contributed by atoms with E-state index in [1.807, 2.05) is 0 Å². The Kier molecular flexibility index (Phi) is 5.59. The number of rotatable bonds is 4. The van der Waals surface area contributed by atoms with E-state index < -0.39 is 11.7 Å². The summed E-state index contributed by atoms with van der Waals surface area (Å²) in [7, 11) is 0. The van der Waals surface area contributed by atoms with Crippen molar-refractivity contribution in [2.45, 2.75) is 13.1 Å². The lowest BCUT2D eigenvalue weighted by molar-refractivity contribution is -0.137. The number of halogens is 3. The molecule has 0 radical (unpaired) electrons. The minimum absolute atomic E-state index is 0.208. The highest BCUT2D eigenvalue weighted by atomic mass is 19.4. The Labute approximate surface area is 155 Å². The van der Waals surface area contributed by atoms with E-state index in [0.717, 1.165) is 31.8 Å². The van der Waals surface area contributed by atoms with Gasteiger partial charge in [0.15, 0.2) is 0 Å². The van der Waals surface area contributed by atoms with Crippen molar-refractivity contribution >= 4 is 17.4 Å². The van der Waals surface area contributed by atoms with Gasteiger partial charge < -0.3 is 15.1 Å². The minimum atomic E-state index is -4.43. The van der Waals surface area contributed by atoms with E-state index in [9.17, 15) is 18.0 Å². The molecule has 1 amide bonds. The SMILES string of the molecule is CCN1CCN(C(=O)c2cc(Nc3cccc(C(F)(F)F)c3)ncn2)CC1. The number of nitrogens with zero attached hydrogens (tertiary/aromatic N) is 4. The zero-order valence-corrected chi connectivity index (χ0v) is 14.8. The summed E-state index contributed by atoms with van der Waals surface area (Å²) in [5.41, 5.74) is -0.311. The van der Waals surface area contributed by atoms with Crippen LogP contribution >= 0.6 is 0 Å². The third-order valence-corrected chi connectivity index (χ3v) is 4.46. The molecule has 144 valence electrons. The monoisotopic (exact) mass is 379 g/mol. The second-order valence-electron chi connectivity index (χ2n) is 6.22. The Hall–Kier alpha value is -2.68. The maximum atomic E-state index is 12.8. The molecule has 2 aromatic rings. The van der Waals surface area contributed by atoms with Gasteiger partial charge in [0.1, 0.15) is 17.8 Å². The summed E-state index contributed by atoms with van der Waals surface area (Å²) in [5, 5.41) is 2.80. The molecule has 1 aromatic heterocycles. The van der Waals surface area contributed by atoms with Crippen molar-refractivity contribution < 1.29 is 18.0 Å². The second-order valence-corrected chi connectivity index (χ2v) is 6.22. The van der Waals surface area contributed by atoms with Gasteiger partial charge in [0.2, 0.25) is 0 Å². The fourth-order valence-electron chi connectivity index (χ4n) is 2.89. The Morgan fingerprint density at radius 3 is 2.56 bits per heavy atom. The van der Waals surface area contributed by atoms with Crippen molar-refractivity contribution in [1.29, 1.82) is 0 Å². The fourth-order valence-corrected chi connectivity index (χ4v) is 2.89. The number of aromatic nitrogens is 2. The molecule has 9 heteroatoms. The molecule has 3 rings (SSSR count). The quantitative estimate of drug-likeness (QED) is 0.885. The largest absolute Gasteiger partial charge is 0.416 e. The van der Waals surface area contributed by atoms with Gasteiger partial charge in [0.05, 0.1) is 5.56 Å². The molecule has 0 unspecified atom stereocenters. The van der Waals surface area contributed by atoms with E-state index in [-0.39, 0.29) is 23.1 Å². The predicted octanol–water partition coefficient (Wildman–Crippen LogP) is 3.02. The van der Waals surface area contributed by atoms with Crippen LogP contribution in [0.1, 0.15) is 23.0 Å². The summed E-state index contributed by atoms with van der Waals surface area (Å²) in [6.07, 6.45) is -3.20. The number of alkyl halides is 3. The van der Waals surface area contributed by atoms with Crippen LogP contribution in [-0.2, 0) is 6.18 Å². The van der Waals surface area contributed by atoms with Crippen LogP contribution in [0.3, 0.4) is 0 Å². The Morgan fingerprint density at radius 2 is 1.89 bits per heavy atom. The molecule has 1 N–H and O–H groups in total. The number of amides is 1. The number of benzene rings is 1. The zero-order chi connectivity index (χ0) is 19.4. The second kappa shape index (κ2) is 7.91. The lowest BCUT2D eigenvalue weighted by atomic mass is 10.2. The first-order chi connectivity index (χ1) is 12.9. The summed E-state index contributed by atoms with van der Waals surface area (Å²) in [4.78, 5) is 24.6. The maximum Gasteiger partial charge on any atom is 0.416 e. The first-order valence-electron chi connectivity index (χ1n) is 8.65. The van der Waals surface area contributed by atoms with Crippen molar-refractivity contribution in [3.05, 3.63) is 47.9 Å². The maximum absolute atomic E-state index is 12.8. The van der Waals surface area contributed by atoms with Crippen molar-refractivity contribution in [2.24, 2.45) is 0 Å². The molecule has 1 aromatic carbocycles. The smallest absolute Gasteiger partial charge is 0.340 e. The molecule has 0 aliphatic carbocycles. The highest BCUT2D eigenvalue weighted by Gasteiger charge is 2.30. The van der Waals surface area contributed by atoms with E-state index in [4.69, 9.17) is 0 Å². The third-order valence-electron chi connectivity index (χ3n) is 4.46. The summed E-state index contributed by atoms with van der Waals surface area (Å²) < 4.78 is 38.5. The molecule has 1 aliphatic heterocycles. The number of hydrogen-bond donors (Lipinski definition) is 1. The van der Waals surface area contributed by atoms with Crippen molar-refractivity contribution in [3.63, 3.8) is 0 Å². The number of carbonyl (C=O) groups excluding carboxylic acids is 1. The van der Waals surface area contributed by atoms with Gasteiger partial charge in [-0.05, 0) is 24.7 Å². The third kappa shape index (κ3) is 4.73. The van der Waals surface area contributed by atoms with Crippen LogP contribution in [-0.4, -0.2) is 58.4 Å². The number of likely N-dealkylation sites (N-methyl/N-ethyl adjacent to an activating group) is 1. The van der Waals surface area contributed by atoms with E-state index in [1.165, 1.54) is 24.5 Å². The summed E-state index contributed by atoms with van der Waals surface area (Å²) in [5.74, 6) is 0.0557. The first kappa shape index (κ1) is 19.1. The average Bonchev–Trinajstić information content (AvgIpc) is 2.67. The number of anilines is 2. The van der Waals surface area contributed by atoms with Crippen molar-refractivity contribution in [2.75, 3.05) is 38.0 Å². The van der Waals surface area contributed by atoms with Crippen LogP contribution < -0.4 is 5.32 Å². The predicted molar refractivity (Wildman–Crippen MR) is 94.8 cm³/mol. The molecule has 2 heterocycles. The standard InChI is InChI=1S/C18H20F3N5O/c1-2-25-6-8-26(9-7-25)17(27)15-11-16(23-12-22-15)24-14-5-3-4-13(10-14)18(19,20)21/h3-5,10-12H,2,6-9H2,1H3,(H,22,23,24). The van der Waals surface area contributed by atoms with Crippen LogP contribution in [0.5, 0.6) is 0 Å². The van der Waals surface area contributed by atoms with Crippen LogP contribution in [0.25, 0.3) is 0 Å². The van der Waals surface area contributed by atoms with Crippen LogP contribution in [0.15, 0.2) is 36.7 Å². The molecule has 1 saturated heterocycles. The minimum Gasteiger partial charge on any atom is -0.340 e. The van der Waals surface area contributed by atoms with E-state index in [0.29, 0.717) is 13.1 Å². The lowest BCUT2D eigenvalue weighted by Gasteiger charge is -2.33. The molecule has 0 atom stereocenters. The summed E-state index contributed by atoms with van der Waals surface area (Å²) >= 11 is 0. The van der Waals surface area contributed by atoms with E-state index in [1.54, 1.807) is 4.90 Å². The molecule has 27 heavy (non-hydrogen) atoms. The fraction of sp³-hybridized carbons (Fsp3) is 0.389. The van der Waals surface area contributed by atoms with Gasteiger partial charge in [0.25, 0.3) is 5.91 Å². The molecule has 1 aliphatic rings. The Bertz CT molecular complexity index is 804. The number of piperazine rings is 1. The van der Waals surface area contributed by atoms with E-state index in [2.05, 4.69) is 27.1 Å². The zero-order valence-electron chi connectivity index (χ0n) is 14.8. The van der Waals surface area contributed by atoms with Gasteiger partial charge >= 0.3 is 6.18 Å². The average molecular weight is 379 g/mol. The highest BCUT2D eigenvalue weighted by molar-refractivity contribution is 5.93. The lowest BCUT2D eigenvalue weighted by Crippen LogP contribution is -2.48. The van der Waals surface area contributed by atoms with Crippen LogP contribution in [0, 0.1) is 0 Å². The normalized spacial score (nSPS) is 15.6. The molecular weight excluding hydrogens is 359 g/mol. The van der Waals surface area contributed by atoms with Gasteiger partial charge in [-0.1, -0.05) is 13.0 Å². The van der Waals surface area contributed by atoms with Crippen LogP contribution in [0.4, 0.5) is 24.7 Å². The van der Waals surface area contributed by atoms with Gasteiger partial charge in [0, 0.05) is 37.9 Å². The molecular formula is C18H20F3N5O. The van der Waals surface area contributed by atoms with Gasteiger partial charge in [-0.25, -0.2) is 9.97 Å². The van der Waals surface area contributed by atoms with Crippen molar-refractivity contribution in [1.82, 2.24) is 19.8 Å². The highest BCUT2D eigenvalue weighted by Crippen LogP contribution is 2.31. The first-order valence-corrected chi connectivity index (χ1v) is 8.65. The van der Waals surface area contributed by atoms with Gasteiger partial charge in [-0.2, -0.15) is 13.2 Å². The molecule has 6 nitrogen and oxygen atoms in total. The summed E-state index contributed by atoms with van der Waals surface area (Å²) in [6.45, 7) is 5.87. The van der Waals surface area contributed by atoms with Crippen molar-refractivity contribution in [3.8, 4) is 0 Å². The number of nitrogens with one attached hydrogen (secondary N) is 1. The topological polar surface area (TPSA) is 61.4 Å². The van der Waals surface area contributed by atoms with Crippen LogP contribution in [0.2, 0.25) is 0 Å². The Balaban J connectivity index is 1.72. The number of carbonyl (C=O) groups is 1. The van der Waals surface area contributed by atoms with Gasteiger partial charge in [-0.15, -0.1) is 0 Å². The molecule has 0 saturated carbocycles. The van der Waals surface area contributed by atoms with Gasteiger partial charge in [-0.3, -0.25) is 4.79 Å². The summed E-state index contributed by atoms with van der Waals surface area (Å²) in [6, 6.07) is 6.26. The Morgan fingerprint density at radius 1 is 1.15 bits per heavy atom. The number of hydrogen-bond acceptors (Lipinski definition) is 5.